The molecular formula is C32H66O5S2. The number of hydrogen-bond acceptors (Lipinski definition) is 5. The summed E-state index contributed by atoms with van der Waals surface area (Å²) in [7, 11) is -8.03. The molecular weight excluding hydrogens is 528 g/mol. The van der Waals surface area contributed by atoms with Gasteiger partial charge in [-0.15, -0.1) is 3.63 Å². The smallest absolute Gasteiger partial charge is 0.198 e. The van der Waals surface area contributed by atoms with Crippen LogP contribution in [0, 0.1) is 0 Å². The summed E-state index contributed by atoms with van der Waals surface area (Å²) in [6.07, 6.45) is 33.2. The molecule has 0 heterocycles. The molecule has 0 aromatic heterocycles. The number of unbranched alkanes of at least 4 members (excludes halogenated alkanes) is 26. The lowest BCUT2D eigenvalue weighted by atomic mass is 10.0. The Morgan fingerprint density at radius 3 is 0.692 bits per heavy atom. The fraction of sp³-hybridized carbons (Fsp3) is 1.00. The van der Waals surface area contributed by atoms with Gasteiger partial charge in [-0.1, -0.05) is 181 Å². The summed E-state index contributed by atoms with van der Waals surface area (Å²) < 4.78 is 53.0. The second kappa shape index (κ2) is 28.0. The van der Waals surface area contributed by atoms with Crippen LogP contribution in [0.15, 0.2) is 0 Å². The predicted molar refractivity (Wildman–Crippen MR) is 169 cm³/mol. The van der Waals surface area contributed by atoms with E-state index >= 15 is 0 Å². The van der Waals surface area contributed by atoms with Crippen molar-refractivity contribution < 1.29 is 20.5 Å². The Kier molecular flexibility index (Phi) is 27.9. The summed E-state index contributed by atoms with van der Waals surface area (Å²) in [5, 5.41) is 0. The standard InChI is InChI=1S/C32H66O5S2/c1-3-5-7-9-11-13-15-17-19-21-23-25-27-29-31-38(33,34)37-39(35,36)32-30-28-26-24-22-20-18-16-14-12-10-8-6-4-2/h3-32H2,1-2H3. The summed E-state index contributed by atoms with van der Waals surface area (Å²) in [4.78, 5) is 0. The van der Waals surface area contributed by atoms with E-state index in [4.69, 9.17) is 0 Å². The average Bonchev–Trinajstić information content (AvgIpc) is 2.88. The first-order valence-corrected chi connectivity index (χ1v) is 20.1. The van der Waals surface area contributed by atoms with Crippen LogP contribution in [0.4, 0.5) is 0 Å². The van der Waals surface area contributed by atoms with E-state index in [-0.39, 0.29) is 11.5 Å². The van der Waals surface area contributed by atoms with Crippen LogP contribution in [0.2, 0.25) is 0 Å². The SMILES string of the molecule is CCCCCCCCCCCCCCCCS(=O)(=O)OS(=O)(=O)CCCCCCCCCCCCCCCC. The maximum absolute atomic E-state index is 12.1. The first-order chi connectivity index (χ1) is 18.8. The van der Waals surface area contributed by atoms with E-state index in [0.29, 0.717) is 12.8 Å². The molecule has 7 heteroatoms. The lowest BCUT2D eigenvalue weighted by Crippen LogP contribution is -2.19. The quantitative estimate of drug-likeness (QED) is 0.0724. The first kappa shape index (κ1) is 38.9. The van der Waals surface area contributed by atoms with E-state index in [1.54, 1.807) is 0 Å². The third-order valence-corrected chi connectivity index (χ3v) is 10.9. The van der Waals surface area contributed by atoms with Crippen molar-refractivity contribution in [2.24, 2.45) is 0 Å². The van der Waals surface area contributed by atoms with E-state index in [9.17, 15) is 16.8 Å². The van der Waals surface area contributed by atoms with Gasteiger partial charge < -0.3 is 0 Å². The summed E-state index contributed by atoms with van der Waals surface area (Å²) in [6, 6.07) is 0. The van der Waals surface area contributed by atoms with Gasteiger partial charge >= 0.3 is 0 Å². The molecule has 0 radical (unpaired) electrons. The highest BCUT2D eigenvalue weighted by Crippen LogP contribution is 2.16. The van der Waals surface area contributed by atoms with Gasteiger partial charge in [-0.2, -0.15) is 16.8 Å². The lowest BCUT2D eigenvalue weighted by molar-refractivity contribution is 0.456. The molecule has 0 aromatic rings. The van der Waals surface area contributed by atoms with Gasteiger partial charge in [0.1, 0.15) is 0 Å². The van der Waals surface area contributed by atoms with Crippen LogP contribution in [0.25, 0.3) is 0 Å². The van der Waals surface area contributed by atoms with Crippen molar-refractivity contribution in [2.45, 2.75) is 194 Å². The molecule has 0 saturated carbocycles. The highest BCUT2D eigenvalue weighted by molar-refractivity contribution is 7.99. The van der Waals surface area contributed by atoms with Crippen molar-refractivity contribution >= 4 is 20.2 Å². The van der Waals surface area contributed by atoms with Gasteiger partial charge in [0.05, 0.1) is 11.5 Å². The van der Waals surface area contributed by atoms with Gasteiger partial charge in [0.25, 0.3) is 20.2 Å². The minimum atomic E-state index is -4.01. The highest BCUT2D eigenvalue weighted by Gasteiger charge is 2.22. The van der Waals surface area contributed by atoms with Gasteiger partial charge in [0.2, 0.25) is 0 Å². The summed E-state index contributed by atoms with van der Waals surface area (Å²) in [6.45, 7) is 4.50. The van der Waals surface area contributed by atoms with Crippen molar-refractivity contribution in [2.75, 3.05) is 11.5 Å². The van der Waals surface area contributed by atoms with E-state index in [2.05, 4.69) is 17.5 Å². The van der Waals surface area contributed by atoms with Crippen molar-refractivity contribution in [3.63, 3.8) is 0 Å². The molecule has 0 aromatic carbocycles. The Hall–Kier alpha value is -0.140. The monoisotopic (exact) mass is 594 g/mol. The Labute approximate surface area is 245 Å². The molecule has 0 bridgehead atoms. The molecule has 0 aliphatic rings. The molecule has 236 valence electrons. The summed E-state index contributed by atoms with van der Waals surface area (Å²) >= 11 is 0. The molecule has 0 fully saturated rings. The predicted octanol–water partition coefficient (Wildman–Crippen LogP) is 10.6. The number of hydrogen-bond donors (Lipinski definition) is 0. The molecule has 0 amide bonds. The van der Waals surface area contributed by atoms with Gasteiger partial charge in [0.15, 0.2) is 0 Å². The maximum Gasteiger partial charge on any atom is 0.281 e. The molecule has 0 spiro atoms. The molecule has 0 atom stereocenters. The molecule has 5 nitrogen and oxygen atoms in total. The summed E-state index contributed by atoms with van der Waals surface area (Å²) in [5.74, 6) is -0.411. The molecule has 0 unspecified atom stereocenters. The minimum Gasteiger partial charge on any atom is -0.198 e. The zero-order valence-electron chi connectivity index (χ0n) is 26.1. The van der Waals surface area contributed by atoms with E-state index in [1.165, 1.54) is 128 Å². The van der Waals surface area contributed by atoms with Gasteiger partial charge in [0, 0.05) is 0 Å². The largest absolute Gasteiger partial charge is 0.281 e. The van der Waals surface area contributed by atoms with E-state index in [0.717, 1.165) is 38.5 Å². The van der Waals surface area contributed by atoms with Gasteiger partial charge in [-0.05, 0) is 12.8 Å². The Bertz CT molecular complexity index is 644. The Morgan fingerprint density at radius 2 is 0.487 bits per heavy atom. The Morgan fingerprint density at radius 1 is 0.308 bits per heavy atom. The topological polar surface area (TPSA) is 77.5 Å². The van der Waals surface area contributed by atoms with Crippen LogP contribution in [-0.4, -0.2) is 28.3 Å². The third kappa shape index (κ3) is 30.6. The molecule has 0 saturated heterocycles. The van der Waals surface area contributed by atoms with E-state index in [1.807, 2.05) is 0 Å². The van der Waals surface area contributed by atoms with Crippen LogP contribution < -0.4 is 0 Å². The maximum atomic E-state index is 12.1. The second-order valence-corrected chi connectivity index (χ2v) is 15.4. The van der Waals surface area contributed by atoms with Crippen molar-refractivity contribution in [1.29, 1.82) is 0 Å². The molecule has 0 aliphatic heterocycles. The average molecular weight is 595 g/mol. The highest BCUT2D eigenvalue weighted by atomic mass is 32.3. The third-order valence-electron chi connectivity index (χ3n) is 7.70. The van der Waals surface area contributed by atoms with Crippen molar-refractivity contribution in [3.05, 3.63) is 0 Å². The molecule has 0 rings (SSSR count). The molecule has 0 aliphatic carbocycles. The van der Waals surface area contributed by atoms with Gasteiger partial charge in [-0.3, -0.25) is 0 Å². The van der Waals surface area contributed by atoms with Crippen molar-refractivity contribution in [3.8, 4) is 0 Å². The van der Waals surface area contributed by atoms with Crippen LogP contribution in [-0.2, 0) is 23.9 Å². The summed E-state index contributed by atoms with van der Waals surface area (Å²) in [5.41, 5.74) is 0. The fourth-order valence-corrected chi connectivity index (χ4v) is 8.10. The van der Waals surface area contributed by atoms with Crippen LogP contribution in [0.3, 0.4) is 0 Å². The van der Waals surface area contributed by atoms with Gasteiger partial charge in [-0.25, -0.2) is 0 Å². The number of rotatable bonds is 32. The first-order valence-electron chi connectivity index (χ1n) is 17.0. The van der Waals surface area contributed by atoms with E-state index < -0.39 is 20.2 Å². The van der Waals surface area contributed by atoms with Crippen LogP contribution in [0.1, 0.15) is 194 Å². The lowest BCUT2D eigenvalue weighted by Gasteiger charge is -2.07. The van der Waals surface area contributed by atoms with Crippen LogP contribution in [0.5, 0.6) is 0 Å². The molecule has 39 heavy (non-hydrogen) atoms. The zero-order valence-corrected chi connectivity index (χ0v) is 27.7. The Balaban J connectivity index is 3.58. The second-order valence-electron chi connectivity index (χ2n) is 11.8. The minimum absolute atomic E-state index is 0.205. The van der Waals surface area contributed by atoms with Crippen molar-refractivity contribution in [1.82, 2.24) is 0 Å². The van der Waals surface area contributed by atoms with Crippen LogP contribution >= 0.6 is 0 Å². The fourth-order valence-electron chi connectivity index (χ4n) is 5.17. The molecule has 0 N–H and O–H groups in total. The normalized spacial score (nSPS) is 12.4. The zero-order chi connectivity index (χ0) is 28.9.